The molecule has 2 rings (SSSR count). The number of ether oxygens (including phenoxy) is 1. The first kappa shape index (κ1) is 18.9. The van der Waals surface area contributed by atoms with E-state index in [9.17, 15) is 14.0 Å². The Labute approximate surface area is 152 Å². The molecule has 0 unspecified atom stereocenters. The summed E-state index contributed by atoms with van der Waals surface area (Å²) in [6, 6.07) is 7.05. The van der Waals surface area contributed by atoms with Gasteiger partial charge >= 0.3 is 6.09 Å². The van der Waals surface area contributed by atoms with Gasteiger partial charge in [0.15, 0.2) is 0 Å². The van der Waals surface area contributed by atoms with Crippen LogP contribution in [0.2, 0.25) is 0 Å². The molecule has 1 aromatic heterocycles. The highest BCUT2D eigenvalue weighted by atomic mass is 79.9. The van der Waals surface area contributed by atoms with Crippen LogP contribution in [0.1, 0.15) is 29.9 Å². The van der Waals surface area contributed by atoms with Crippen molar-refractivity contribution >= 4 is 33.6 Å². The third kappa shape index (κ3) is 5.53. The summed E-state index contributed by atoms with van der Waals surface area (Å²) in [6.07, 6.45) is 0.937. The molecule has 8 heteroatoms. The lowest BCUT2D eigenvalue weighted by Gasteiger charge is -2.24. The number of nitrogens with zero attached hydrogens (tertiary/aromatic N) is 1. The Bertz CT molecular complexity index is 811. The van der Waals surface area contributed by atoms with E-state index in [0.717, 1.165) is 6.07 Å². The number of anilines is 1. The van der Waals surface area contributed by atoms with Crippen LogP contribution in [0, 0.1) is 5.82 Å². The molecule has 0 radical (unpaired) electrons. The largest absolute Gasteiger partial charge is 0.443 e. The zero-order chi connectivity index (χ0) is 18.6. The number of amides is 2. The van der Waals surface area contributed by atoms with Crippen LogP contribution in [0.15, 0.2) is 41.0 Å². The van der Waals surface area contributed by atoms with Gasteiger partial charge < -0.3 is 15.8 Å². The van der Waals surface area contributed by atoms with Gasteiger partial charge in [0.1, 0.15) is 11.4 Å². The highest BCUT2D eigenvalue weighted by Crippen LogP contribution is 2.25. The quantitative estimate of drug-likeness (QED) is 0.787. The average Bonchev–Trinajstić information content (AvgIpc) is 2.48. The summed E-state index contributed by atoms with van der Waals surface area (Å²) in [6.45, 7) is 3.43. The molecular weight excluding hydrogens is 393 g/mol. The maximum Gasteiger partial charge on any atom is 0.405 e. The van der Waals surface area contributed by atoms with E-state index >= 15 is 0 Å². The lowest BCUT2D eigenvalue weighted by atomic mass is 10.0. The second kappa shape index (κ2) is 7.60. The summed E-state index contributed by atoms with van der Waals surface area (Å²) < 4.78 is 18.9. The van der Waals surface area contributed by atoms with Crippen molar-refractivity contribution in [3.05, 3.63) is 58.1 Å². The molecule has 0 spiro atoms. The second-order valence-corrected chi connectivity index (χ2v) is 6.83. The van der Waals surface area contributed by atoms with Gasteiger partial charge in [-0.3, -0.25) is 9.78 Å². The van der Waals surface area contributed by atoms with Gasteiger partial charge in [0.05, 0.1) is 17.6 Å². The van der Waals surface area contributed by atoms with E-state index in [2.05, 4.69) is 26.2 Å². The molecule has 25 heavy (non-hydrogen) atoms. The molecule has 0 aliphatic heterocycles. The number of halogens is 2. The number of benzene rings is 1. The minimum absolute atomic E-state index is 0.205. The first-order valence-electron chi connectivity index (χ1n) is 7.36. The number of pyridine rings is 1. The first-order valence-corrected chi connectivity index (χ1v) is 8.15. The lowest BCUT2D eigenvalue weighted by molar-refractivity contribution is 0.0452. The smallest absolute Gasteiger partial charge is 0.405 e. The number of carbonyl (C=O) groups excluding carboxylic acids is 2. The SMILES string of the molecule is CC(C)(Cc1ncc(NC(=O)c2cccc(F)c2)cc1Br)OC(N)=O. The van der Waals surface area contributed by atoms with E-state index in [1.165, 1.54) is 24.4 Å². The highest BCUT2D eigenvalue weighted by molar-refractivity contribution is 9.10. The zero-order valence-electron chi connectivity index (χ0n) is 13.7. The van der Waals surface area contributed by atoms with Crippen LogP contribution in [-0.4, -0.2) is 22.6 Å². The third-order valence-electron chi connectivity index (χ3n) is 3.23. The fourth-order valence-corrected chi connectivity index (χ4v) is 2.70. The molecule has 1 heterocycles. The Kier molecular flexibility index (Phi) is 5.73. The molecule has 0 saturated carbocycles. The summed E-state index contributed by atoms with van der Waals surface area (Å²) in [7, 11) is 0. The van der Waals surface area contributed by atoms with E-state index in [1.807, 2.05) is 0 Å². The van der Waals surface area contributed by atoms with Gasteiger partial charge in [0, 0.05) is 16.5 Å². The van der Waals surface area contributed by atoms with Crippen molar-refractivity contribution in [3.63, 3.8) is 0 Å². The van der Waals surface area contributed by atoms with Crippen LogP contribution < -0.4 is 11.1 Å². The zero-order valence-corrected chi connectivity index (χ0v) is 15.3. The molecule has 1 aromatic carbocycles. The fraction of sp³-hybridized carbons (Fsp3) is 0.235. The van der Waals surface area contributed by atoms with Crippen molar-refractivity contribution in [1.82, 2.24) is 4.98 Å². The monoisotopic (exact) mass is 409 g/mol. The van der Waals surface area contributed by atoms with E-state index in [-0.39, 0.29) is 5.56 Å². The number of hydrogen-bond acceptors (Lipinski definition) is 4. The molecule has 6 nitrogen and oxygen atoms in total. The lowest BCUT2D eigenvalue weighted by Crippen LogP contribution is -2.33. The van der Waals surface area contributed by atoms with Gasteiger partial charge in [-0.25, -0.2) is 9.18 Å². The number of nitrogens with one attached hydrogen (secondary N) is 1. The summed E-state index contributed by atoms with van der Waals surface area (Å²) in [5.41, 5.74) is 5.50. The third-order valence-corrected chi connectivity index (χ3v) is 3.92. The Morgan fingerprint density at radius 1 is 1.36 bits per heavy atom. The standard InChI is InChI=1S/C17H17BrFN3O3/c1-17(2,25-16(20)24)8-14-13(18)7-12(9-21-14)22-15(23)10-4-3-5-11(19)6-10/h3-7,9H,8H2,1-2H3,(H2,20,24)(H,22,23). The predicted octanol–water partition coefficient (Wildman–Crippen LogP) is 3.65. The maximum atomic E-state index is 13.2. The van der Waals surface area contributed by atoms with Gasteiger partial charge in [0.25, 0.3) is 5.91 Å². The van der Waals surface area contributed by atoms with E-state index < -0.39 is 23.4 Å². The van der Waals surface area contributed by atoms with Gasteiger partial charge in [-0.15, -0.1) is 0 Å². The summed E-state index contributed by atoms with van der Waals surface area (Å²) in [5, 5.41) is 2.65. The molecular formula is C17H17BrFN3O3. The molecule has 132 valence electrons. The van der Waals surface area contributed by atoms with Crippen molar-refractivity contribution in [2.24, 2.45) is 5.73 Å². The number of aromatic nitrogens is 1. The minimum atomic E-state index is -0.861. The summed E-state index contributed by atoms with van der Waals surface area (Å²) >= 11 is 3.38. The van der Waals surface area contributed by atoms with Crippen LogP contribution in [0.5, 0.6) is 0 Å². The van der Waals surface area contributed by atoms with Crippen molar-refractivity contribution in [1.29, 1.82) is 0 Å². The number of nitrogens with two attached hydrogens (primary N) is 1. The van der Waals surface area contributed by atoms with E-state index in [1.54, 1.807) is 19.9 Å². The van der Waals surface area contributed by atoms with Gasteiger partial charge in [-0.2, -0.15) is 0 Å². The Morgan fingerprint density at radius 3 is 2.68 bits per heavy atom. The Hall–Kier alpha value is -2.48. The fourth-order valence-electron chi connectivity index (χ4n) is 2.21. The molecule has 0 aliphatic carbocycles. The summed E-state index contributed by atoms with van der Waals surface area (Å²) in [4.78, 5) is 27.3. The molecule has 3 N–H and O–H groups in total. The topological polar surface area (TPSA) is 94.3 Å². The van der Waals surface area contributed by atoms with Crippen LogP contribution in [0.3, 0.4) is 0 Å². The summed E-state index contributed by atoms with van der Waals surface area (Å²) in [5.74, 6) is -0.933. The molecule has 2 amide bonds. The van der Waals surface area contributed by atoms with Gasteiger partial charge in [-0.05, 0) is 54.0 Å². The van der Waals surface area contributed by atoms with Crippen LogP contribution in [0.25, 0.3) is 0 Å². The van der Waals surface area contributed by atoms with Crippen molar-refractivity contribution in [3.8, 4) is 0 Å². The number of carbonyl (C=O) groups is 2. The Balaban J connectivity index is 2.11. The van der Waals surface area contributed by atoms with Crippen molar-refractivity contribution in [2.45, 2.75) is 25.9 Å². The van der Waals surface area contributed by atoms with Gasteiger partial charge in [0.2, 0.25) is 0 Å². The molecule has 0 fully saturated rings. The molecule has 2 aromatic rings. The van der Waals surface area contributed by atoms with Crippen molar-refractivity contribution in [2.75, 3.05) is 5.32 Å². The van der Waals surface area contributed by atoms with E-state index in [0.29, 0.717) is 22.3 Å². The highest BCUT2D eigenvalue weighted by Gasteiger charge is 2.24. The normalized spacial score (nSPS) is 11.0. The van der Waals surface area contributed by atoms with E-state index in [4.69, 9.17) is 10.5 Å². The van der Waals surface area contributed by atoms with Crippen LogP contribution in [0.4, 0.5) is 14.9 Å². The average molecular weight is 410 g/mol. The maximum absolute atomic E-state index is 13.2. The second-order valence-electron chi connectivity index (χ2n) is 5.97. The number of hydrogen-bond donors (Lipinski definition) is 2. The van der Waals surface area contributed by atoms with Crippen LogP contribution >= 0.6 is 15.9 Å². The molecule has 0 saturated heterocycles. The van der Waals surface area contributed by atoms with Crippen molar-refractivity contribution < 1.29 is 18.7 Å². The molecule has 0 bridgehead atoms. The predicted molar refractivity (Wildman–Crippen MR) is 94.7 cm³/mol. The van der Waals surface area contributed by atoms with Crippen LogP contribution in [-0.2, 0) is 11.2 Å². The molecule has 0 aliphatic rings. The number of rotatable bonds is 5. The Morgan fingerprint density at radius 2 is 2.08 bits per heavy atom. The minimum Gasteiger partial charge on any atom is -0.443 e. The number of primary amides is 1. The molecule has 0 atom stereocenters. The first-order chi connectivity index (χ1) is 11.7. The van der Waals surface area contributed by atoms with Gasteiger partial charge in [-0.1, -0.05) is 6.07 Å².